The van der Waals surface area contributed by atoms with Gasteiger partial charge in [-0.05, 0) is 48.4 Å². The summed E-state index contributed by atoms with van der Waals surface area (Å²) in [6.07, 6.45) is 3.90. The van der Waals surface area contributed by atoms with Crippen molar-refractivity contribution in [3.63, 3.8) is 0 Å². The number of carboxylic acid groups (broad SMARTS) is 1. The molecule has 0 saturated carbocycles. The van der Waals surface area contributed by atoms with Crippen LogP contribution in [-0.2, 0) is 33.8 Å². The lowest BCUT2D eigenvalue weighted by molar-refractivity contribution is -0.131. The topological polar surface area (TPSA) is 132 Å². The van der Waals surface area contributed by atoms with Crippen molar-refractivity contribution < 1.29 is 33.4 Å². The number of ether oxygens (including phenoxy) is 3. The number of hydrogen-bond donors (Lipinski definition) is 1. The number of aromatic nitrogens is 3. The number of imidazole rings is 1. The highest BCUT2D eigenvalue weighted by Gasteiger charge is 2.21. The second kappa shape index (κ2) is 14.0. The zero-order valence-corrected chi connectivity index (χ0v) is 24.3. The van der Waals surface area contributed by atoms with Crippen LogP contribution in [0.3, 0.4) is 0 Å². The van der Waals surface area contributed by atoms with Crippen molar-refractivity contribution >= 4 is 12.4 Å². The maximum Gasteiger partial charge on any atom is 0.290 e. The minimum Gasteiger partial charge on any atom is -0.493 e. The summed E-state index contributed by atoms with van der Waals surface area (Å²) in [5.74, 6) is 2.52. The maximum atomic E-state index is 13.5. The number of fused-ring (bicyclic) bond motifs is 7. The first-order valence-electron chi connectivity index (χ1n) is 14.0. The van der Waals surface area contributed by atoms with Gasteiger partial charge in [0.05, 0.1) is 39.0 Å². The number of hydrogen-bond acceptors (Lipinski definition) is 9. The third-order valence-electron chi connectivity index (χ3n) is 7.24. The molecule has 0 spiro atoms. The average Bonchev–Trinajstić information content (AvgIpc) is 3.66. The maximum absolute atomic E-state index is 13.5. The zero-order valence-electron chi connectivity index (χ0n) is 24.3. The number of rotatable bonds is 5. The number of aryl methyl sites for hydroxylation is 1. The second-order valence-corrected chi connectivity index (χ2v) is 10.3. The van der Waals surface area contributed by atoms with E-state index in [4.69, 9.17) is 28.6 Å². The summed E-state index contributed by atoms with van der Waals surface area (Å²) in [7, 11) is 1.62. The van der Waals surface area contributed by atoms with Gasteiger partial charge >= 0.3 is 0 Å². The van der Waals surface area contributed by atoms with Gasteiger partial charge in [-0.3, -0.25) is 19.1 Å². The molecule has 12 heteroatoms. The molecule has 2 aliphatic heterocycles. The molecule has 6 rings (SSSR count). The molecule has 4 bridgehead atoms. The number of morpholine rings is 1. The fraction of sp³-hybridized carbons (Fsp3) is 0.355. The summed E-state index contributed by atoms with van der Waals surface area (Å²) in [5.41, 5.74) is 4.86. The number of carbonyl (C=O) groups excluding carboxylic acids is 1. The molecule has 0 radical (unpaired) electrons. The molecule has 1 saturated heterocycles. The van der Waals surface area contributed by atoms with Gasteiger partial charge in [0.15, 0.2) is 11.5 Å². The summed E-state index contributed by atoms with van der Waals surface area (Å²) < 4.78 is 24.7. The molecule has 1 fully saturated rings. The summed E-state index contributed by atoms with van der Waals surface area (Å²) >= 11 is 0. The molecule has 2 aliphatic rings. The lowest BCUT2D eigenvalue weighted by Gasteiger charge is -2.27. The van der Waals surface area contributed by atoms with Crippen molar-refractivity contribution in [3.8, 4) is 28.6 Å². The molecule has 1 amide bonds. The number of methoxy groups -OCH3 is 1. The van der Waals surface area contributed by atoms with Gasteiger partial charge in [-0.25, -0.2) is 4.98 Å². The molecule has 0 atom stereocenters. The van der Waals surface area contributed by atoms with Gasteiger partial charge in [0.2, 0.25) is 5.91 Å². The lowest BCUT2D eigenvalue weighted by atomic mass is 10.1. The van der Waals surface area contributed by atoms with Crippen molar-refractivity contribution in [1.82, 2.24) is 24.5 Å². The molecular formula is C31H35N5O7. The molecule has 1 N–H and O–H groups in total. The summed E-state index contributed by atoms with van der Waals surface area (Å²) in [4.78, 5) is 30.8. The predicted molar refractivity (Wildman–Crippen MR) is 156 cm³/mol. The Morgan fingerprint density at radius 1 is 1.09 bits per heavy atom. The zero-order chi connectivity index (χ0) is 30.2. The Hall–Kier alpha value is -4.68. The van der Waals surface area contributed by atoms with Crippen LogP contribution in [0.25, 0.3) is 17.1 Å². The fourth-order valence-corrected chi connectivity index (χ4v) is 5.27. The van der Waals surface area contributed by atoms with Gasteiger partial charge in [0, 0.05) is 55.9 Å². The lowest BCUT2D eigenvalue weighted by Crippen LogP contribution is -2.36. The van der Waals surface area contributed by atoms with Crippen LogP contribution in [0.5, 0.6) is 11.5 Å². The van der Waals surface area contributed by atoms with Crippen LogP contribution in [0.2, 0.25) is 0 Å². The van der Waals surface area contributed by atoms with E-state index in [0.29, 0.717) is 37.0 Å². The van der Waals surface area contributed by atoms with Crippen molar-refractivity contribution in [3.05, 3.63) is 77.4 Å². The molecule has 4 heterocycles. The van der Waals surface area contributed by atoms with Gasteiger partial charge in [0.25, 0.3) is 6.47 Å². The van der Waals surface area contributed by atoms with E-state index in [0.717, 1.165) is 61.2 Å². The Morgan fingerprint density at radius 3 is 2.65 bits per heavy atom. The average molecular weight is 590 g/mol. The highest BCUT2D eigenvalue weighted by molar-refractivity contribution is 5.78. The molecular weight excluding hydrogens is 554 g/mol. The predicted octanol–water partition coefficient (Wildman–Crippen LogP) is 3.34. The first kappa shape index (κ1) is 29.8. The summed E-state index contributed by atoms with van der Waals surface area (Å²) in [6.45, 7) is 6.78. The van der Waals surface area contributed by atoms with E-state index in [1.807, 2.05) is 36.2 Å². The number of amides is 1. The van der Waals surface area contributed by atoms with Gasteiger partial charge in [-0.15, -0.1) is 0 Å². The van der Waals surface area contributed by atoms with Crippen molar-refractivity contribution in [2.24, 2.45) is 0 Å². The largest absolute Gasteiger partial charge is 0.493 e. The van der Waals surface area contributed by atoms with E-state index in [2.05, 4.69) is 37.8 Å². The molecule has 0 unspecified atom stereocenters. The number of nitrogens with zero attached hydrogens (tertiary/aromatic N) is 5. The van der Waals surface area contributed by atoms with E-state index < -0.39 is 0 Å². The van der Waals surface area contributed by atoms with Crippen LogP contribution in [0.15, 0.2) is 59.4 Å². The van der Waals surface area contributed by atoms with E-state index in [9.17, 15) is 4.79 Å². The van der Waals surface area contributed by atoms with E-state index in [-0.39, 0.29) is 18.8 Å². The minimum absolute atomic E-state index is 0.0567. The first-order valence-corrected chi connectivity index (χ1v) is 14.0. The number of carbonyl (C=O) groups is 2. The Balaban J connectivity index is 0.00000118. The van der Waals surface area contributed by atoms with Crippen LogP contribution in [0, 0.1) is 6.92 Å². The summed E-state index contributed by atoms with van der Waals surface area (Å²) in [5, 5.41) is 10.8. The Labute approximate surface area is 249 Å². The highest BCUT2D eigenvalue weighted by Crippen LogP contribution is 2.33. The first-order chi connectivity index (χ1) is 21.0. The molecule has 0 aliphatic carbocycles. The Morgan fingerprint density at radius 2 is 1.91 bits per heavy atom. The van der Waals surface area contributed by atoms with Crippen LogP contribution in [0.1, 0.15) is 22.6 Å². The molecule has 2 aromatic carbocycles. The van der Waals surface area contributed by atoms with Crippen molar-refractivity contribution in [2.45, 2.75) is 26.4 Å². The third-order valence-corrected chi connectivity index (χ3v) is 7.24. The van der Waals surface area contributed by atoms with E-state index >= 15 is 0 Å². The monoisotopic (exact) mass is 589 g/mol. The van der Waals surface area contributed by atoms with Gasteiger partial charge < -0.3 is 28.7 Å². The van der Waals surface area contributed by atoms with Crippen LogP contribution in [0.4, 0.5) is 0 Å². The molecule has 4 aromatic rings. The Bertz CT molecular complexity index is 1540. The number of benzene rings is 2. The smallest absolute Gasteiger partial charge is 0.290 e. The normalized spacial score (nSPS) is 15.0. The SMILES string of the molecule is COc1ccc2cc1OCCN(C(=O)Cc1cc(C)no1)Cc1cc(CN3CCOCC3)cc(c1)-n1ccnc1-2.O=CO. The van der Waals surface area contributed by atoms with Crippen molar-refractivity contribution in [1.29, 1.82) is 0 Å². The van der Waals surface area contributed by atoms with Crippen molar-refractivity contribution in [2.75, 3.05) is 46.6 Å². The van der Waals surface area contributed by atoms with Crippen LogP contribution >= 0.6 is 0 Å². The summed E-state index contributed by atoms with van der Waals surface area (Å²) in [6, 6.07) is 14.1. The van der Waals surface area contributed by atoms with Gasteiger partial charge in [0.1, 0.15) is 18.2 Å². The quantitative estimate of drug-likeness (QED) is 0.346. The third kappa shape index (κ3) is 7.40. The standard InChI is InChI=1S/C30H33N5O5.CH2O2/c1-21-13-26(40-32-21)18-29(36)34-9-12-39-28-17-24(3-4-27(28)37-2)30-31-5-6-35(30)25-15-22(14-23(16-25)20-34)19-33-7-10-38-11-8-33;2-1-3/h3-6,13-17H,7-12,18-20H2,1-2H3;1H,(H,2,3). The van der Waals surface area contributed by atoms with Gasteiger partial charge in [-0.1, -0.05) is 11.2 Å². The highest BCUT2D eigenvalue weighted by atomic mass is 16.5. The second-order valence-electron chi connectivity index (χ2n) is 10.3. The molecule has 2 aromatic heterocycles. The molecule has 43 heavy (non-hydrogen) atoms. The van der Waals surface area contributed by atoms with E-state index in [1.165, 1.54) is 5.56 Å². The Kier molecular flexibility index (Phi) is 9.70. The van der Waals surface area contributed by atoms with Crippen LogP contribution < -0.4 is 9.47 Å². The fourth-order valence-electron chi connectivity index (χ4n) is 5.27. The molecule has 226 valence electrons. The van der Waals surface area contributed by atoms with E-state index in [1.54, 1.807) is 19.4 Å². The minimum atomic E-state index is -0.250. The molecule has 12 nitrogen and oxygen atoms in total. The van der Waals surface area contributed by atoms with Crippen LogP contribution in [-0.4, -0.2) is 88.6 Å². The van der Waals surface area contributed by atoms with Gasteiger partial charge in [-0.2, -0.15) is 0 Å².